The molecular weight excluding hydrogens is 464 g/mol. The van der Waals surface area contributed by atoms with E-state index in [9.17, 15) is 0 Å². The van der Waals surface area contributed by atoms with E-state index >= 15 is 0 Å². The molecule has 1 atom stereocenters. The highest BCUT2D eigenvalue weighted by molar-refractivity contribution is 5.75. The van der Waals surface area contributed by atoms with E-state index in [4.69, 9.17) is 9.82 Å². The van der Waals surface area contributed by atoms with Crippen molar-refractivity contribution in [3.05, 3.63) is 78.8 Å². The number of rotatable bonds is 6. The Labute approximate surface area is 217 Å². The third-order valence-corrected chi connectivity index (χ3v) is 7.07. The van der Waals surface area contributed by atoms with Gasteiger partial charge < -0.3 is 15.1 Å². The Morgan fingerprint density at radius 3 is 2.43 bits per heavy atom. The van der Waals surface area contributed by atoms with Gasteiger partial charge in [0.25, 0.3) is 0 Å². The summed E-state index contributed by atoms with van der Waals surface area (Å²) in [4.78, 5) is 20.6. The van der Waals surface area contributed by atoms with Crippen molar-refractivity contribution in [1.82, 2.24) is 24.6 Å². The second-order valence-electron chi connectivity index (χ2n) is 9.67. The lowest BCUT2D eigenvalue weighted by Gasteiger charge is -2.34. The van der Waals surface area contributed by atoms with Crippen LogP contribution in [0.3, 0.4) is 0 Å². The summed E-state index contributed by atoms with van der Waals surface area (Å²) in [5.74, 6) is 1.25. The van der Waals surface area contributed by atoms with Crippen LogP contribution in [0.2, 0.25) is 0 Å². The Hall–Kier alpha value is -3.95. The molecule has 0 spiro atoms. The summed E-state index contributed by atoms with van der Waals surface area (Å²) < 4.78 is 1.78. The zero-order valence-corrected chi connectivity index (χ0v) is 21.3. The van der Waals surface area contributed by atoms with E-state index in [0.717, 1.165) is 55.2 Å². The smallest absolute Gasteiger partial charge is 0.229 e. The van der Waals surface area contributed by atoms with Crippen molar-refractivity contribution in [2.24, 2.45) is 7.05 Å². The first-order valence-corrected chi connectivity index (χ1v) is 12.8. The molecule has 0 aliphatic carbocycles. The highest BCUT2D eigenvalue weighted by Crippen LogP contribution is 2.39. The third kappa shape index (κ3) is 5.00. The summed E-state index contributed by atoms with van der Waals surface area (Å²) in [5.41, 5.74) is 5.21. The van der Waals surface area contributed by atoms with Gasteiger partial charge in [0, 0.05) is 74.5 Å². The molecule has 2 fully saturated rings. The summed E-state index contributed by atoms with van der Waals surface area (Å²) in [5, 5.41) is 9.68. The van der Waals surface area contributed by atoms with Gasteiger partial charge in [0.2, 0.25) is 5.95 Å². The van der Waals surface area contributed by atoms with Crippen molar-refractivity contribution < 1.29 is 4.84 Å². The maximum absolute atomic E-state index is 6.15. The SMILES string of the molecule is CN1CCN(c2ccc(Nc3ncc(-c4cnn(C)c4)c(N4OCC[C@H]4c4ccccc4)n3)cc2)CC1. The minimum atomic E-state index is 0.0715. The molecule has 0 bridgehead atoms. The molecule has 0 saturated carbocycles. The van der Waals surface area contributed by atoms with Gasteiger partial charge in [-0.2, -0.15) is 10.1 Å². The van der Waals surface area contributed by atoms with Crippen LogP contribution in [0.25, 0.3) is 11.1 Å². The number of anilines is 4. The number of nitrogens with one attached hydrogen (secondary N) is 1. The topological polar surface area (TPSA) is 74.6 Å². The molecule has 4 heterocycles. The van der Waals surface area contributed by atoms with Gasteiger partial charge in [-0.25, -0.2) is 10.0 Å². The number of hydrogen-bond donors (Lipinski definition) is 1. The molecule has 0 radical (unpaired) electrons. The molecule has 0 amide bonds. The van der Waals surface area contributed by atoms with Gasteiger partial charge in [-0.15, -0.1) is 0 Å². The fourth-order valence-electron chi connectivity index (χ4n) is 4.97. The van der Waals surface area contributed by atoms with Gasteiger partial charge >= 0.3 is 0 Å². The number of hydroxylamine groups is 1. The Morgan fingerprint density at radius 2 is 1.70 bits per heavy atom. The van der Waals surface area contributed by atoms with E-state index in [0.29, 0.717) is 12.6 Å². The summed E-state index contributed by atoms with van der Waals surface area (Å²) >= 11 is 0. The van der Waals surface area contributed by atoms with Crippen LogP contribution in [0.4, 0.5) is 23.1 Å². The minimum Gasteiger partial charge on any atom is -0.369 e. The van der Waals surface area contributed by atoms with Crippen LogP contribution in [-0.2, 0) is 11.9 Å². The van der Waals surface area contributed by atoms with E-state index in [1.807, 2.05) is 36.8 Å². The molecule has 2 aromatic carbocycles. The van der Waals surface area contributed by atoms with Gasteiger partial charge in [0.1, 0.15) is 0 Å². The molecule has 6 rings (SSSR count). The summed E-state index contributed by atoms with van der Waals surface area (Å²) in [6, 6.07) is 19.0. The molecule has 4 aromatic rings. The van der Waals surface area contributed by atoms with Crippen molar-refractivity contribution in [2.45, 2.75) is 12.5 Å². The monoisotopic (exact) mass is 496 g/mol. The van der Waals surface area contributed by atoms with E-state index in [1.165, 1.54) is 11.3 Å². The molecule has 2 aliphatic rings. The second-order valence-corrected chi connectivity index (χ2v) is 9.67. The number of aryl methyl sites for hydroxylation is 1. The summed E-state index contributed by atoms with van der Waals surface area (Å²) in [6.45, 7) is 4.89. The van der Waals surface area contributed by atoms with Crippen LogP contribution in [0.1, 0.15) is 18.0 Å². The lowest BCUT2D eigenvalue weighted by atomic mass is 10.0. The number of hydrogen-bond acceptors (Lipinski definition) is 8. The quantitative estimate of drug-likeness (QED) is 0.425. The van der Waals surface area contributed by atoms with Gasteiger partial charge in [-0.05, 0) is 36.9 Å². The first-order chi connectivity index (χ1) is 18.1. The number of aromatic nitrogens is 4. The Morgan fingerprint density at radius 1 is 0.919 bits per heavy atom. The normalized spacial score (nSPS) is 18.4. The molecule has 2 aliphatic heterocycles. The minimum absolute atomic E-state index is 0.0715. The molecule has 9 nitrogen and oxygen atoms in total. The molecule has 2 saturated heterocycles. The van der Waals surface area contributed by atoms with Crippen molar-refractivity contribution in [1.29, 1.82) is 0 Å². The average molecular weight is 497 g/mol. The molecule has 37 heavy (non-hydrogen) atoms. The maximum Gasteiger partial charge on any atom is 0.229 e. The second kappa shape index (κ2) is 10.2. The van der Waals surface area contributed by atoms with E-state index in [2.05, 4.69) is 80.8 Å². The van der Waals surface area contributed by atoms with Crippen LogP contribution in [0.15, 0.2) is 73.2 Å². The molecule has 2 aromatic heterocycles. The van der Waals surface area contributed by atoms with E-state index < -0.39 is 0 Å². The molecule has 9 heteroatoms. The molecule has 190 valence electrons. The van der Waals surface area contributed by atoms with Crippen LogP contribution in [-0.4, -0.2) is 64.5 Å². The molecule has 1 N–H and O–H groups in total. The van der Waals surface area contributed by atoms with E-state index in [1.54, 1.807) is 4.68 Å². The Balaban J connectivity index is 1.29. The standard InChI is InChI=1S/C28H32N8O/c1-33-13-15-35(16-14-33)24-10-8-23(9-11-24)31-28-29-19-25(22-18-30-34(2)20-22)27(32-28)36-26(12-17-37-36)21-6-4-3-5-7-21/h3-11,18-20,26H,12-17H2,1-2H3,(H,29,31,32)/t26-/m0/s1. The van der Waals surface area contributed by atoms with Gasteiger partial charge in [-0.3, -0.25) is 9.52 Å². The number of nitrogens with zero attached hydrogens (tertiary/aromatic N) is 7. The molecular formula is C28H32N8O. The fraction of sp³-hybridized carbons (Fsp3) is 0.321. The van der Waals surface area contributed by atoms with Crippen molar-refractivity contribution in [3.8, 4) is 11.1 Å². The first kappa shape index (κ1) is 23.4. The van der Waals surface area contributed by atoms with Crippen molar-refractivity contribution in [3.63, 3.8) is 0 Å². The first-order valence-electron chi connectivity index (χ1n) is 12.8. The summed E-state index contributed by atoms with van der Waals surface area (Å²) in [7, 11) is 4.08. The van der Waals surface area contributed by atoms with Gasteiger partial charge in [0.15, 0.2) is 5.82 Å². The number of likely N-dealkylation sites (N-methyl/N-ethyl adjacent to an activating group) is 1. The third-order valence-electron chi connectivity index (χ3n) is 7.07. The highest BCUT2D eigenvalue weighted by atomic mass is 16.7. The van der Waals surface area contributed by atoms with Crippen molar-refractivity contribution in [2.75, 3.05) is 55.1 Å². The zero-order valence-electron chi connectivity index (χ0n) is 21.3. The van der Waals surface area contributed by atoms with Crippen LogP contribution in [0, 0.1) is 0 Å². The zero-order chi connectivity index (χ0) is 25.2. The maximum atomic E-state index is 6.15. The number of benzene rings is 2. The number of piperazine rings is 1. The van der Waals surface area contributed by atoms with Gasteiger partial charge in [0.05, 0.1) is 18.8 Å². The van der Waals surface area contributed by atoms with Crippen LogP contribution in [0.5, 0.6) is 0 Å². The predicted molar refractivity (Wildman–Crippen MR) is 146 cm³/mol. The van der Waals surface area contributed by atoms with Crippen LogP contribution < -0.4 is 15.3 Å². The van der Waals surface area contributed by atoms with Crippen molar-refractivity contribution >= 4 is 23.1 Å². The summed E-state index contributed by atoms with van der Waals surface area (Å²) in [6.07, 6.45) is 6.54. The predicted octanol–water partition coefficient (Wildman–Crippen LogP) is 4.26. The average Bonchev–Trinajstić information content (AvgIpc) is 3.60. The molecule has 0 unspecified atom stereocenters. The highest BCUT2D eigenvalue weighted by Gasteiger charge is 2.31. The lowest BCUT2D eigenvalue weighted by molar-refractivity contribution is 0.157. The Bertz CT molecular complexity index is 1330. The Kier molecular flexibility index (Phi) is 6.46. The lowest BCUT2D eigenvalue weighted by Crippen LogP contribution is -2.44. The van der Waals surface area contributed by atoms with Crippen LogP contribution >= 0.6 is 0 Å². The fourth-order valence-corrected chi connectivity index (χ4v) is 4.97. The van der Waals surface area contributed by atoms with Gasteiger partial charge in [-0.1, -0.05) is 30.3 Å². The largest absolute Gasteiger partial charge is 0.369 e. The van der Waals surface area contributed by atoms with E-state index in [-0.39, 0.29) is 6.04 Å².